The van der Waals surface area contributed by atoms with Crippen molar-refractivity contribution < 1.29 is 83.1 Å². The lowest BCUT2D eigenvalue weighted by Gasteiger charge is -2.42. The molecular formula is C13H14F17N3O2S. The Bertz CT molecular complexity index is 870. The highest BCUT2D eigenvalue weighted by Crippen LogP contribution is 2.64. The standard InChI is InChI=1S/C13H14F17N3O2S/c1-33(2)5-3-4-31-32-36(34,35)13(29,30)11(24,25)9(20,21)7(16,17)6(14,15)8(18,19)10(22,23)12(26,27)28/h31-32H,3-5H2,1-2H3. The molecule has 0 unspecified atom stereocenters. The number of alkyl halides is 17. The van der Waals surface area contributed by atoms with E-state index in [1.165, 1.54) is 24.4 Å². The van der Waals surface area contributed by atoms with E-state index in [1.54, 1.807) is 0 Å². The third-order valence-corrected chi connectivity index (χ3v) is 5.49. The average molecular weight is 599 g/mol. The molecule has 0 aliphatic carbocycles. The van der Waals surface area contributed by atoms with Crippen LogP contribution in [0, 0.1) is 0 Å². The molecule has 0 aliphatic rings. The van der Waals surface area contributed by atoms with Crippen molar-refractivity contribution in [3.63, 3.8) is 0 Å². The summed E-state index contributed by atoms with van der Waals surface area (Å²) in [5, 5.41) is -7.58. The Morgan fingerprint density at radius 3 is 1.25 bits per heavy atom. The quantitative estimate of drug-likeness (QED) is 0.188. The third kappa shape index (κ3) is 5.15. The second kappa shape index (κ2) is 9.75. The first-order valence-corrected chi connectivity index (χ1v) is 10.0. The molecule has 0 atom stereocenters. The highest BCUT2D eigenvalue weighted by molar-refractivity contribution is 7.90. The Hall–Kier alpha value is -1.36. The first-order chi connectivity index (χ1) is 15.4. The Kier molecular flexibility index (Phi) is 9.38. The lowest BCUT2D eigenvalue weighted by molar-refractivity contribution is -0.458. The maximum Gasteiger partial charge on any atom is 0.460 e. The van der Waals surface area contributed by atoms with Gasteiger partial charge in [-0.1, -0.05) is 0 Å². The van der Waals surface area contributed by atoms with E-state index in [1.807, 2.05) is 0 Å². The Morgan fingerprint density at radius 1 is 0.583 bits per heavy atom. The molecule has 0 heterocycles. The van der Waals surface area contributed by atoms with E-state index in [-0.39, 0.29) is 13.0 Å². The van der Waals surface area contributed by atoms with Crippen molar-refractivity contribution in [1.82, 2.24) is 15.2 Å². The fourth-order valence-electron chi connectivity index (χ4n) is 2.01. The molecule has 0 spiro atoms. The number of halogens is 17. The Morgan fingerprint density at radius 2 is 0.917 bits per heavy atom. The molecule has 0 aromatic carbocycles. The van der Waals surface area contributed by atoms with E-state index in [4.69, 9.17) is 0 Å². The van der Waals surface area contributed by atoms with Crippen molar-refractivity contribution >= 4 is 10.0 Å². The zero-order chi connectivity index (χ0) is 29.6. The van der Waals surface area contributed by atoms with Gasteiger partial charge in [-0.15, -0.1) is 4.83 Å². The van der Waals surface area contributed by atoms with Crippen molar-refractivity contribution in [3.05, 3.63) is 0 Å². The maximum absolute atomic E-state index is 13.7. The number of nitrogens with zero attached hydrogens (tertiary/aromatic N) is 1. The second-order valence-electron chi connectivity index (χ2n) is 7.15. The number of sulfonamides is 1. The highest BCUT2D eigenvalue weighted by atomic mass is 32.2. The van der Waals surface area contributed by atoms with Crippen LogP contribution in [0.1, 0.15) is 6.42 Å². The van der Waals surface area contributed by atoms with Gasteiger partial charge in [0.15, 0.2) is 0 Å². The van der Waals surface area contributed by atoms with Crippen LogP contribution in [-0.2, 0) is 10.0 Å². The molecular weight excluding hydrogens is 585 g/mol. The summed E-state index contributed by atoms with van der Waals surface area (Å²) in [6, 6.07) is 0. The zero-order valence-electron chi connectivity index (χ0n) is 17.2. The van der Waals surface area contributed by atoms with E-state index in [9.17, 15) is 83.1 Å². The summed E-state index contributed by atoms with van der Waals surface area (Å²) in [4.78, 5) is 1.70. The van der Waals surface area contributed by atoms with Gasteiger partial charge in [0.05, 0.1) is 0 Å². The molecule has 0 fully saturated rings. The average Bonchev–Trinajstić information content (AvgIpc) is 2.65. The van der Waals surface area contributed by atoms with Crippen molar-refractivity contribution in [2.75, 3.05) is 27.2 Å². The molecule has 5 nitrogen and oxygen atoms in total. The molecule has 218 valence electrons. The van der Waals surface area contributed by atoms with E-state index in [0.717, 1.165) is 0 Å². The molecule has 36 heavy (non-hydrogen) atoms. The minimum atomic E-state index is -8.85. The summed E-state index contributed by atoms with van der Waals surface area (Å²) >= 11 is 0. The predicted octanol–water partition coefficient (Wildman–Crippen LogP) is 4.33. The number of rotatable bonds is 13. The number of hydrogen-bond donors (Lipinski definition) is 2. The summed E-state index contributed by atoms with van der Waals surface area (Å²) in [6.07, 6.45) is -8.05. The summed E-state index contributed by atoms with van der Waals surface area (Å²) in [7, 11) is -4.48. The SMILES string of the molecule is CN(C)CCCNNS(=O)(=O)C(F)(F)C(F)(F)C(F)(F)C(F)(F)C(F)(F)C(F)(F)C(F)(F)C(F)(F)F. The molecule has 0 aromatic heterocycles. The van der Waals surface area contributed by atoms with Gasteiger partial charge in [0.2, 0.25) is 0 Å². The van der Waals surface area contributed by atoms with Crippen molar-refractivity contribution in [2.24, 2.45) is 0 Å². The summed E-state index contributed by atoms with van der Waals surface area (Å²) in [5.74, 6) is -51.7. The van der Waals surface area contributed by atoms with Crippen LogP contribution in [0.5, 0.6) is 0 Å². The Labute approximate surface area is 190 Å². The molecule has 0 radical (unpaired) electrons. The smallest absolute Gasteiger partial charge is 0.309 e. The molecule has 0 bridgehead atoms. The molecule has 0 saturated carbocycles. The Balaban J connectivity index is 6.46. The molecule has 0 saturated heterocycles. The lowest BCUT2D eigenvalue weighted by atomic mass is 9.91. The third-order valence-electron chi connectivity index (χ3n) is 4.14. The summed E-state index contributed by atoms with van der Waals surface area (Å²) in [6.45, 7) is -0.681. The molecule has 2 N–H and O–H groups in total. The number of hydrogen-bond acceptors (Lipinski definition) is 4. The normalized spacial score (nSPS) is 16.1. The molecule has 0 aliphatic heterocycles. The summed E-state index contributed by atoms with van der Waals surface area (Å²) < 4.78 is 246. The second-order valence-corrected chi connectivity index (χ2v) is 8.87. The first kappa shape index (κ1) is 34.6. The predicted molar refractivity (Wildman–Crippen MR) is 83.9 cm³/mol. The van der Waals surface area contributed by atoms with Gasteiger partial charge in [-0.2, -0.15) is 74.6 Å². The van der Waals surface area contributed by atoms with Crippen molar-refractivity contribution in [1.29, 1.82) is 0 Å². The lowest BCUT2D eigenvalue weighted by Crippen LogP contribution is -2.75. The molecule has 0 aromatic rings. The van der Waals surface area contributed by atoms with Gasteiger partial charge in [-0.25, -0.2) is 13.8 Å². The van der Waals surface area contributed by atoms with Crippen LogP contribution < -0.4 is 10.3 Å². The monoisotopic (exact) mass is 599 g/mol. The van der Waals surface area contributed by atoms with E-state index in [0.29, 0.717) is 4.83 Å². The van der Waals surface area contributed by atoms with Crippen molar-refractivity contribution in [2.45, 2.75) is 53.4 Å². The van der Waals surface area contributed by atoms with Gasteiger partial charge >= 0.3 is 47.0 Å². The van der Waals surface area contributed by atoms with Crippen molar-refractivity contribution in [3.8, 4) is 0 Å². The van der Waals surface area contributed by atoms with Crippen LogP contribution in [0.25, 0.3) is 0 Å². The minimum Gasteiger partial charge on any atom is -0.309 e. The fraction of sp³-hybridized carbons (Fsp3) is 1.00. The zero-order valence-corrected chi connectivity index (χ0v) is 18.0. The van der Waals surface area contributed by atoms with Gasteiger partial charge in [0.1, 0.15) is 0 Å². The maximum atomic E-state index is 13.7. The van der Waals surface area contributed by atoms with Crippen LogP contribution in [0.2, 0.25) is 0 Å². The van der Waals surface area contributed by atoms with Crippen LogP contribution in [-0.4, -0.2) is 87.5 Å². The highest BCUT2D eigenvalue weighted by Gasteiger charge is 2.96. The van der Waals surface area contributed by atoms with Crippen LogP contribution in [0.15, 0.2) is 0 Å². The van der Waals surface area contributed by atoms with Crippen LogP contribution in [0.3, 0.4) is 0 Å². The van der Waals surface area contributed by atoms with Gasteiger partial charge < -0.3 is 4.90 Å². The molecule has 23 heteroatoms. The van der Waals surface area contributed by atoms with Gasteiger partial charge in [0.25, 0.3) is 10.0 Å². The van der Waals surface area contributed by atoms with Gasteiger partial charge in [-0.3, -0.25) is 0 Å². The van der Waals surface area contributed by atoms with Crippen LogP contribution >= 0.6 is 0 Å². The molecule has 0 rings (SSSR count). The van der Waals surface area contributed by atoms with E-state index < -0.39 is 63.5 Å². The van der Waals surface area contributed by atoms with E-state index >= 15 is 0 Å². The number of hydrazine groups is 1. The minimum absolute atomic E-state index is 0.0530. The van der Waals surface area contributed by atoms with E-state index in [2.05, 4.69) is 0 Å². The van der Waals surface area contributed by atoms with Gasteiger partial charge in [-0.05, 0) is 27.1 Å². The van der Waals surface area contributed by atoms with Gasteiger partial charge in [0, 0.05) is 6.54 Å². The first-order valence-electron chi connectivity index (χ1n) is 8.52. The fourth-order valence-corrected chi connectivity index (χ4v) is 2.90. The molecule has 0 amide bonds. The largest absolute Gasteiger partial charge is 0.460 e. The summed E-state index contributed by atoms with van der Waals surface area (Å²) in [5.41, 5.74) is 1.24. The van der Waals surface area contributed by atoms with Crippen LogP contribution in [0.4, 0.5) is 74.6 Å². The topological polar surface area (TPSA) is 61.4 Å². The number of nitrogens with one attached hydrogen (secondary N) is 2.